The number of likely N-dealkylation sites (tertiary alicyclic amines) is 1. The van der Waals surface area contributed by atoms with Crippen LogP contribution in [0.4, 0.5) is 10.5 Å². The lowest BCUT2D eigenvalue weighted by Gasteiger charge is -2.51. The number of hydrogen-bond acceptors (Lipinski definition) is 5. The monoisotopic (exact) mass is 416 g/mol. The quantitative estimate of drug-likeness (QED) is 0.682. The highest BCUT2D eigenvalue weighted by molar-refractivity contribution is 5.89. The number of piperidine rings is 3. The van der Waals surface area contributed by atoms with Crippen molar-refractivity contribution in [2.45, 2.75) is 37.8 Å². The molecule has 0 saturated carbocycles. The average molecular weight is 417 g/mol. The van der Waals surface area contributed by atoms with Crippen LogP contribution in [0.5, 0.6) is 5.75 Å². The first-order valence-corrected chi connectivity index (χ1v) is 11.3. The van der Waals surface area contributed by atoms with Crippen LogP contribution < -0.4 is 15.4 Å². The van der Waals surface area contributed by atoms with Gasteiger partial charge in [0.1, 0.15) is 5.75 Å². The number of rotatable bonds is 8. The maximum Gasteiger partial charge on any atom is 0.319 e. The molecule has 7 heteroatoms. The first-order valence-electron chi connectivity index (χ1n) is 11.3. The number of carbonyl (C=O) groups is 1. The maximum absolute atomic E-state index is 12.3. The summed E-state index contributed by atoms with van der Waals surface area (Å²) in [6.07, 6.45) is 5.05. The molecule has 4 aliphatic heterocycles. The highest BCUT2D eigenvalue weighted by atomic mass is 16.5. The van der Waals surface area contributed by atoms with Crippen LogP contribution in [-0.4, -0.2) is 81.5 Å². The number of methoxy groups -OCH3 is 2. The molecule has 2 bridgehead atoms. The van der Waals surface area contributed by atoms with E-state index in [1.807, 2.05) is 31.4 Å². The average Bonchev–Trinajstić information content (AvgIpc) is 3.20. The highest BCUT2D eigenvalue weighted by Crippen LogP contribution is 2.37. The first-order chi connectivity index (χ1) is 14.7. The number of ether oxygens (including phenoxy) is 2. The summed E-state index contributed by atoms with van der Waals surface area (Å²) in [5.41, 5.74) is 0.773. The van der Waals surface area contributed by atoms with E-state index in [4.69, 9.17) is 9.47 Å². The Hall–Kier alpha value is -1.83. The van der Waals surface area contributed by atoms with Gasteiger partial charge in [-0.15, -0.1) is 0 Å². The summed E-state index contributed by atoms with van der Waals surface area (Å²) in [5, 5.41) is 5.98. The minimum Gasteiger partial charge on any atom is -0.497 e. The zero-order valence-electron chi connectivity index (χ0n) is 18.3. The van der Waals surface area contributed by atoms with Gasteiger partial charge in [-0.05, 0) is 74.9 Å². The fourth-order valence-corrected chi connectivity index (χ4v) is 5.55. The normalized spacial score (nSPS) is 30.9. The summed E-state index contributed by atoms with van der Waals surface area (Å²) in [4.78, 5) is 17.6. The van der Waals surface area contributed by atoms with Gasteiger partial charge in [0, 0.05) is 44.5 Å². The molecule has 5 atom stereocenters. The van der Waals surface area contributed by atoms with Crippen molar-refractivity contribution in [3.8, 4) is 5.75 Å². The smallest absolute Gasteiger partial charge is 0.319 e. The van der Waals surface area contributed by atoms with E-state index in [2.05, 4.69) is 20.4 Å². The van der Waals surface area contributed by atoms with Gasteiger partial charge in [0.2, 0.25) is 0 Å². The number of carbonyl (C=O) groups excluding carboxylic acids is 1. The number of fused-ring (bicyclic) bond motifs is 3. The van der Waals surface area contributed by atoms with Gasteiger partial charge in [-0.25, -0.2) is 4.79 Å². The molecule has 2 amide bonds. The summed E-state index contributed by atoms with van der Waals surface area (Å²) < 4.78 is 10.6. The van der Waals surface area contributed by atoms with Gasteiger partial charge in [-0.3, -0.25) is 9.80 Å². The Kier molecular flexibility index (Phi) is 7.12. The highest BCUT2D eigenvalue weighted by Gasteiger charge is 2.41. The van der Waals surface area contributed by atoms with Gasteiger partial charge < -0.3 is 20.1 Å². The third-order valence-corrected chi connectivity index (χ3v) is 7.19. The molecule has 166 valence electrons. The molecular weight excluding hydrogens is 380 g/mol. The molecule has 30 heavy (non-hydrogen) atoms. The lowest BCUT2D eigenvalue weighted by Crippen LogP contribution is -2.59. The Balaban J connectivity index is 1.23. The van der Waals surface area contributed by atoms with Crippen molar-refractivity contribution in [2.75, 3.05) is 58.9 Å². The van der Waals surface area contributed by atoms with Crippen molar-refractivity contribution in [1.82, 2.24) is 15.1 Å². The molecule has 5 unspecified atom stereocenters. The van der Waals surface area contributed by atoms with Crippen LogP contribution in [0.3, 0.4) is 0 Å². The molecule has 1 aromatic carbocycles. The molecule has 4 saturated heterocycles. The number of amides is 2. The molecule has 2 N–H and O–H groups in total. The maximum atomic E-state index is 12.3. The topological polar surface area (TPSA) is 66.1 Å². The lowest BCUT2D eigenvalue weighted by molar-refractivity contribution is -0.0162. The van der Waals surface area contributed by atoms with Crippen molar-refractivity contribution in [1.29, 1.82) is 0 Å². The van der Waals surface area contributed by atoms with Gasteiger partial charge in [-0.2, -0.15) is 0 Å². The molecule has 1 aromatic rings. The molecule has 4 fully saturated rings. The number of anilines is 1. The van der Waals surface area contributed by atoms with Gasteiger partial charge in [0.15, 0.2) is 0 Å². The summed E-state index contributed by atoms with van der Waals surface area (Å²) in [6.45, 7) is 6.31. The van der Waals surface area contributed by atoms with E-state index in [0.717, 1.165) is 43.0 Å². The zero-order valence-corrected chi connectivity index (χ0v) is 18.3. The van der Waals surface area contributed by atoms with Crippen LogP contribution in [0.25, 0.3) is 0 Å². The zero-order chi connectivity index (χ0) is 20.9. The Labute approximate surface area is 180 Å². The van der Waals surface area contributed by atoms with Crippen molar-refractivity contribution < 1.29 is 14.3 Å². The number of benzene rings is 1. The minimum absolute atomic E-state index is 0.140. The SMILES string of the molecule is COCC1CCCN1CC1CN2CCC1CC2CNC(=O)Nc1ccc(OC)cc1. The fourth-order valence-electron chi connectivity index (χ4n) is 5.55. The van der Waals surface area contributed by atoms with Crippen LogP contribution in [0.1, 0.15) is 25.7 Å². The van der Waals surface area contributed by atoms with Gasteiger partial charge in [0.25, 0.3) is 0 Å². The second-order valence-electron chi connectivity index (χ2n) is 9.00. The third kappa shape index (κ3) is 5.07. The van der Waals surface area contributed by atoms with E-state index in [-0.39, 0.29) is 6.03 Å². The molecule has 4 heterocycles. The van der Waals surface area contributed by atoms with Crippen LogP contribution in [0, 0.1) is 11.8 Å². The van der Waals surface area contributed by atoms with E-state index < -0.39 is 0 Å². The Morgan fingerprint density at radius 3 is 2.67 bits per heavy atom. The van der Waals surface area contributed by atoms with E-state index in [9.17, 15) is 4.79 Å². The van der Waals surface area contributed by atoms with E-state index >= 15 is 0 Å². The second kappa shape index (κ2) is 9.98. The molecule has 4 aliphatic rings. The van der Waals surface area contributed by atoms with Crippen LogP contribution in [0.15, 0.2) is 24.3 Å². The molecule has 0 spiro atoms. The van der Waals surface area contributed by atoms with Crippen molar-refractivity contribution in [3.63, 3.8) is 0 Å². The molecule has 5 rings (SSSR count). The molecule has 0 aliphatic carbocycles. The third-order valence-electron chi connectivity index (χ3n) is 7.19. The molecular formula is C23H36N4O3. The summed E-state index contributed by atoms with van der Waals surface area (Å²) in [6, 6.07) is 8.31. The fraction of sp³-hybridized carbons (Fsp3) is 0.696. The molecule has 7 nitrogen and oxygen atoms in total. The van der Waals surface area contributed by atoms with E-state index in [1.54, 1.807) is 7.11 Å². The number of hydrogen-bond donors (Lipinski definition) is 2. The Bertz CT molecular complexity index is 698. The van der Waals surface area contributed by atoms with Crippen molar-refractivity contribution >= 4 is 11.7 Å². The van der Waals surface area contributed by atoms with E-state index in [0.29, 0.717) is 18.6 Å². The Morgan fingerprint density at radius 2 is 1.97 bits per heavy atom. The molecule has 0 aromatic heterocycles. The van der Waals surface area contributed by atoms with Crippen LogP contribution in [-0.2, 0) is 4.74 Å². The summed E-state index contributed by atoms with van der Waals surface area (Å²) in [7, 11) is 3.45. The van der Waals surface area contributed by atoms with E-state index in [1.165, 1.54) is 38.8 Å². The minimum atomic E-state index is -0.140. The summed E-state index contributed by atoms with van der Waals surface area (Å²) in [5.74, 6) is 2.31. The second-order valence-corrected chi connectivity index (χ2v) is 9.00. The van der Waals surface area contributed by atoms with Crippen molar-refractivity contribution in [2.24, 2.45) is 11.8 Å². The van der Waals surface area contributed by atoms with Crippen molar-refractivity contribution in [3.05, 3.63) is 24.3 Å². The number of urea groups is 1. The van der Waals surface area contributed by atoms with Crippen LogP contribution >= 0.6 is 0 Å². The number of nitrogens with one attached hydrogen (secondary N) is 2. The standard InChI is InChI=1S/C23H36N4O3/c1-29-16-20-4-3-10-26(20)14-18-15-27-11-9-17(18)12-21(27)13-24-23(28)25-19-5-7-22(30-2)8-6-19/h5-8,17-18,20-21H,3-4,9-16H2,1-2H3,(H2,24,25,28). The predicted molar refractivity (Wildman–Crippen MR) is 118 cm³/mol. The predicted octanol–water partition coefficient (Wildman–Crippen LogP) is 2.64. The van der Waals surface area contributed by atoms with Gasteiger partial charge in [-0.1, -0.05) is 0 Å². The molecule has 0 radical (unpaired) electrons. The van der Waals surface area contributed by atoms with Gasteiger partial charge in [0.05, 0.1) is 13.7 Å². The van der Waals surface area contributed by atoms with Gasteiger partial charge >= 0.3 is 6.03 Å². The largest absolute Gasteiger partial charge is 0.497 e. The first kappa shape index (κ1) is 21.4. The lowest BCUT2D eigenvalue weighted by atomic mass is 9.75. The summed E-state index contributed by atoms with van der Waals surface area (Å²) >= 11 is 0. The Morgan fingerprint density at radius 1 is 1.13 bits per heavy atom. The van der Waals surface area contributed by atoms with Crippen LogP contribution in [0.2, 0.25) is 0 Å². The number of nitrogens with zero attached hydrogens (tertiary/aromatic N) is 2.